The van der Waals surface area contributed by atoms with E-state index in [0.717, 1.165) is 11.4 Å². The molecule has 2 N–H and O–H groups in total. The number of carbonyl (C=O) groups is 1. The van der Waals surface area contributed by atoms with Crippen LogP contribution in [0.1, 0.15) is 21.7 Å². The molecule has 0 aliphatic carbocycles. The van der Waals surface area contributed by atoms with Gasteiger partial charge in [0, 0.05) is 15.9 Å². The summed E-state index contributed by atoms with van der Waals surface area (Å²) in [5.74, 6) is -0.396. The summed E-state index contributed by atoms with van der Waals surface area (Å²) in [4.78, 5) is 20.4. The van der Waals surface area contributed by atoms with Crippen molar-refractivity contribution in [3.05, 3.63) is 44.1 Å². The summed E-state index contributed by atoms with van der Waals surface area (Å²) < 4.78 is 1.10. The van der Waals surface area contributed by atoms with Crippen molar-refractivity contribution < 1.29 is 9.90 Å². The van der Waals surface area contributed by atoms with Crippen LogP contribution in [0.3, 0.4) is 0 Å². The SMILES string of the molecule is Cc1cc(C)nc(NC(=O)c2cc(Br)cc(Br)c2O)n1. The third-order valence-corrected chi connectivity index (χ3v) is 3.54. The first-order chi connectivity index (χ1) is 9.36. The van der Waals surface area contributed by atoms with Crippen LogP contribution in [0.15, 0.2) is 27.1 Å². The average molecular weight is 401 g/mol. The van der Waals surface area contributed by atoms with Gasteiger partial charge in [0.1, 0.15) is 5.75 Å². The second-order valence-electron chi connectivity index (χ2n) is 4.21. The number of aromatic nitrogens is 2. The molecule has 2 rings (SSSR count). The zero-order chi connectivity index (χ0) is 14.9. The number of rotatable bonds is 2. The molecule has 0 saturated heterocycles. The van der Waals surface area contributed by atoms with Gasteiger partial charge in [0.25, 0.3) is 5.91 Å². The second kappa shape index (κ2) is 5.88. The summed E-state index contributed by atoms with van der Waals surface area (Å²) in [5.41, 5.74) is 1.65. The Balaban J connectivity index is 2.33. The molecular weight excluding hydrogens is 390 g/mol. The van der Waals surface area contributed by atoms with E-state index in [1.54, 1.807) is 6.07 Å². The highest BCUT2D eigenvalue weighted by Gasteiger charge is 2.16. The Morgan fingerprint density at radius 1 is 1.15 bits per heavy atom. The first-order valence-electron chi connectivity index (χ1n) is 5.68. The standard InChI is InChI=1S/C13H11Br2N3O2/c1-6-3-7(2)17-13(16-6)18-12(20)9-4-8(14)5-10(15)11(9)19/h3-5,19H,1-2H3,(H,16,17,18,20). The van der Waals surface area contributed by atoms with Gasteiger partial charge in [-0.1, -0.05) is 15.9 Å². The molecule has 0 unspecified atom stereocenters. The molecular formula is C13H11Br2N3O2. The summed E-state index contributed by atoms with van der Waals surface area (Å²) >= 11 is 6.45. The maximum Gasteiger partial charge on any atom is 0.261 e. The summed E-state index contributed by atoms with van der Waals surface area (Å²) in [6, 6.07) is 4.99. The number of hydrogen-bond acceptors (Lipinski definition) is 4. The van der Waals surface area contributed by atoms with Crippen molar-refractivity contribution >= 4 is 43.7 Å². The molecule has 0 atom stereocenters. The first kappa shape index (κ1) is 14.9. The van der Waals surface area contributed by atoms with E-state index in [0.29, 0.717) is 8.95 Å². The minimum Gasteiger partial charge on any atom is -0.506 e. The van der Waals surface area contributed by atoms with Gasteiger partial charge >= 0.3 is 0 Å². The number of aryl methyl sites for hydroxylation is 2. The van der Waals surface area contributed by atoms with E-state index < -0.39 is 5.91 Å². The number of aromatic hydroxyl groups is 1. The summed E-state index contributed by atoms with van der Waals surface area (Å²) in [7, 11) is 0. The van der Waals surface area contributed by atoms with Crippen molar-refractivity contribution in [3.63, 3.8) is 0 Å². The number of amides is 1. The Bertz CT molecular complexity index is 669. The monoisotopic (exact) mass is 399 g/mol. The van der Waals surface area contributed by atoms with E-state index in [9.17, 15) is 9.90 Å². The average Bonchev–Trinajstić information content (AvgIpc) is 2.32. The molecule has 20 heavy (non-hydrogen) atoms. The van der Waals surface area contributed by atoms with E-state index in [-0.39, 0.29) is 17.3 Å². The van der Waals surface area contributed by atoms with Gasteiger partial charge < -0.3 is 5.11 Å². The van der Waals surface area contributed by atoms with Gasteiger partial charge in [0.05, 0.1) is 10.0 Å². The highest BCUT2D eigenvalue weighted by molar-refractivity contribution is 9.11. The van der Waals surface area contributed by atoms with Crippen molar-refractivity contribution in [2.45, 2.75) is 13.8 Å². The smallest absolute Gasteiger partial charge is 0.261 e. The Morgan fingerprint density at radius 3 is 2.35 bits per heavy atom. The van der Waals surface area contributed by atoms with E-state index in [4.69, 9.17) is 0 Å². The number of phenolic OH excluding ortho intramolecular Hbond substituents is 1. The Morgan fingerprint density at radius 2 is 1.75 bits per heavy atom. The van der Waals surface area contributed by atoms with Gasteiger partial charge in [-0.2, -0.15) is 0 Å². The highest BCUT2D eigenvalue weighted by Crippen LogP contribution is 2.31. The van der Waals surface area contributed by atoms with Crippen LogP contribution in [0.4, 0.5) is 5.95 Å². The molecule has 0 aliphatic rings. The number of phenols is 1. The number of anilines is 1. The lowest BCUT2D eigenvalue weighted by Gasteiger charge is -2.08. The molecule has 0 bridgehead atoms. The van der Waals surface area contributed by atoms with Crippen LogP contribution in [0, 0.1) is 13.8 Å². The Labute approximate surface area is 132 Å². The van der Waals surface area contributed by atoms with Gasteiger partial charge in [-0.3, -0.25) is 10.1 Å². The van der Waals surface area contributed by atoms with E-state index >= 15 is 0 Å². The third kappa shape index (κ3) is 3.34. The molecule has 2 aromatic rings. The lowest BCUT2D eigenvalue weighted by atomic mass is 10.2. The largest absolute Gasteiger partial charge is 0.506 e. The zero-order valence-electron chi connectivity index (χ0n) is 10.7. The number of halogens is 2. The predicted molar refractivity (Wildman–Crippen MR) is 83.0 cm³/mol. The summed E-state index contributed by atoms with van der Waals surface area (Å²) in [6.07, 6.45) is 0. The molecule has 5 nitrogen and oxygen atoms in total. The Hall–Kier alpha value is -1.47. The summed E-state index contributed by atoms with van der Waals surface area (Å²) in [6.45, 7) is 3.63. The maximum absolute atomic E-state index is 12.2. The normalized spacial score (nSPS) is 10.4. The predicted octanol–water partition coefficient (Wildman–Crippen LogP) is 3.58. The van der Waals surface area contributed by atoms with Crippen LogP contribution in [-0.2, 0) is 0 Å². The van der Waals surface area contributed by atoms with Crippen molar-refractivity contribution in [1.29, 1.82) is 0 Å². The van der Waals surface area contributed by atoms with E-state index in [1.807, 2.05) is 19.9 Å². The molecule has 1 amide bonds. The van der Waals surface area contributed by atoms with Crippen LogP contribution in [0.25, 0.3) is 0 Å². The molecule has 0 aliphatic heterocycles. The van der Waals surface area contributed by atoms with Crippen LogP contribution < -0.4 is 5.32 Å². The summed E-state index contributed by atoms with van der Waals surface area (Å²) in [5, 5.41) is 12.5. The van der Waals surface area contributed by atoms with Gasteiger partial charge in [-0.25, -0.2) is 9.97 Å². The molecule has 104 valence electrons. The molecule has 0 fully saturated rings. The van der Waals surface area contributed by atoms with Gasteiger partial charge in [0.15, 0.2) is 0 Å². The minimum absolute atomic E-state index is 0.130. The van der Waals surface area contributed by atoms with E-state index in [1.165, 1.54) is 6.07 Å². The second-order valence-corrected chi connectivity index (χ2v) is 5.98. The molecule has 0 saturated carbocycles. The molecule has 1 aromatic carbocycles. The molecule has 7 heteroatoms. The molecule has 0 spiro atoms. The van der Waals surface area contributed by atoms with Crippen molar-refractivity contribution in [2.75, 3.05) is 5.32 Å². The quantitative estimate of drug-likeness (QED) is 0.807. The number of nitrogens with zero attached hydrogens (tertiary/aromatic N) is 2. The molecule has 1 aromatic heterocycles. The first-order valence-corrected chi connectivity index (χ1v) is 7.27. The van der Waals surface area contributed by atoms with Crippen molar-refractivity contribution in [2.24, 2.45) is 0 Å². The maximum atomic E-state index is 12.2. The van der Waals surface area contributed by atoms with Crippen molar-refractivity contribution in [1.82, 2.24) is 9.97 Å². The fourth-order valence-corrected chi connectivity index (χ4v) is 2.92. The molecule has 0 radical (unpaired) electrons. The third-order valence-electron chi connectivity index (χ3n) is 2.48. The highest BCUT2D eigenvalue weighted by atomic mass is 79.9. The fourth-order valence-electron chi connectivity index (χ4n) is 1.69. The van der Waals surface area contributed by atoms with Crippen LogP contribution in [0.2, 0.25) is 0 Å². The van der Waals surface area contributed by atoms with Crippen LogP contribution in [0.5, 0.6) is 5.75 Å². The van der Waals surface area contributed by atoms with Gasteiger partial charge in [-0.15, -0.1) is 0 Å². The number of hydrogen-bond donors (Lipinski definition) is 2. The minimum atomic E-state index is -0.477. The lowest BCUT2D eigenvalue weighted by molar-refractivity contribution is 0.102. The number of carbonyl (C=O) groups excluding carboxylic acids is 1. The van der Waals surface area contributed by atoms with Gasteiger partial charge in [-0.05, 0) is 48.0 Å². The zero-order valence-corrected chi connectivity index (χ0v) is 13.9. The molecule has 1 heterocycles. The lowest BCUT2D eigenvalue weighted by Crippen LogP contribution is -2.15. The number of benzene rings is 1. The number of nitrogens with one attached hydrogen (secondary N) is 1. The van der Waals surface area contributed by atoms with E-state index in [2.05, 4.69) is 47.1 Å². The Kier molecular flexibility index (Phi) is 4.39. The topological polar surface area (TPSA) is 75.1 Å². The van der Waals surface area contributed by atoms with Crippen molar-refractivity contribution in [3.8, 4) is 5.75 Å². The van der Waals surface area contributed by atoms with Gasteiger partial charge in [0.2, 0.25) is 5.95 Å². The fraction of sp³-hybridized carbons (Fsp3) is 0.154. The van der Waals surface area contributed by atoms with Crippen LogP contribution >= 0.6 is 31.9 Å². The van der Waals surface area contributed by atoms with Crippen LogP contribution in [-0.4, -0.2) is 21.0 Å².